The first kappa shape index (κ1) is 17.5. The molecule has 1 aromatic carbocycles. The molecule has 2 amide bonds. The van der Waals surface area contributed by atoms with E-state index in [9.17, 15) is 14.7 Å². The average molecular weight is 319 g/mol. The van der Waals surface area contributed by atoms with E-state index in [2.05, 4.69) is 0 Å². The molecular weight excluding hydrogens is 294 g/mol. The fraction of sp³-hybridized carbons (Fsp3) is 0.556. The predicted molar refractivity (Wildman–Crippen MR) is 87.3 cm³/mol. The number of rotatable bonds is 5. The molecule has 0 spiro atoms. The molecule has 2 rings (SSSR count). The Bertz CT molecular complexity index is 636. The highest BCUT2D eigenvalue weighted by Crippen LogP contribution is 2.31. The van der Waals surface area contributed by atoms with Crippen molar-refractivity contribution in [3.8, 4) is 5.75 Å². The lowest BCUT2D eigenvalue weighted by Crippen LogP contribution is -2.40. The molecule has 1 unspecified atom stereocenters. The average Bonchev–Trinajstić information content (AvgIpc) is 2.65. The van der Waals surface area contributed by atoms with Crippen molar-refractivity contribution in [3.63, 3.8) is 0 Å². The second-order valence-electron chi connectivity index (χ2n) is 6.99. The van der Waals surface area contributed by atoms with Gasteiger partial charge in [-0.2, -0.15) is 0 Å². The number of nitrogens with zero attached hydrogens (tertiary/aromatic N) is 1. The summed E-state index contributed by atoms with van der Waals surface area (Å²) in [6.45, 7) is 9.44. The topological polar surface area (TPSA) is 66.8 Å². The fourth-order valence-corrected chi connectivity index (χ4v) is 2.80. The second kappa shape index (κ2) is 6.32. The number of hydrogen-bond donors (Lipinski definition) is 1. The first-order valence-electron chi connectivity index (χ1n) is 7.86. The molecule has 5 nitrogen and oxygen atoms in total. The van der Waals surface area contributed by atoms with Crippen molar-refractivity contribution in [2.75, 3.05) is 13.2 Å². The third-order valence-electron chi connectivity index (χ3n) is 4.41. The summed E-state index contributed by atoms with van der Waals surface area (Å²) in [5, 5.41) is 10.2. The molecule has 0 aliphatic carbocycles. The number of β-amino-alcohol motifs (C(OH)–C–C–N with tert-alkyl or cyclic N) is 1. The monoisotopic (exact) mass is 319 g/mol. The summed E-state index contributed by atoms with van der Waals surface area (Å²) in [6.07, 6.45) is -0.716. The molecule has 0 aromatic heterocycles. The van der Waals surface area contributed by atoms with Crippen LogP contribution in [0.25, 0.3) is 0 Å². The number of carbonyl (C=O) groups excluding carboxylic acids is 2. The van der Waals surface area contributed by atoms with Gasteiger partial charge in [0, 0.05) is 6.42 Å². The summed E-state index contributed by atoms with van der Waals surface area (Å²) in [5.74, 6) is 0.287. The first-order valence-corrected chi connectivity index (χ1v) is 7.86. The molecule has 0 radical (unpaired) electrons. The molecule has 1 heterocycles. The van der Waals surface area contributed by atoms with Crippen LogP contribution in [0.15, 0.2) is 12.1 Å². The third-order valence-corrected chi connectivity index (χ3v) is 4.41. The molecule has 5 heteroatoms. The Hall–Kier alpha value is -1.88. The maximum Gasteiger partial charge on any atom is 0.235 e. The van der Waals surface area contributed by atoms with E-state index in [1.54, 1.807) is 13.8 Å². The number of likely N-dealkylation sites (tertiary alicyclic amines) is 1. The van der Waals surface area contributed by atoms with E-state index < -0.39 is 11.5 Å². The Morgan fingerprint density at radius 2 is 1.83 bits per heavy atom. The summed E-state index contributed by atoms with van der Waals surface area (Å²) in [5.41, 5.74) is 2.47. The second-order valence-corrected chi connectivity index (χ2v) is 6.99. The van der Waals surface area contributed by atoms with Gasteiger partial charge in [-0.15, -0.1) is 0 Å². The van der Waals surface area contributed by atoms with Gasteiger partial charge in [0.1, 0.15) is 18.5 Å². The summed E-state index contributed by atoms with van der Waals surface area (Å²) in [4.78, 5) is 25.2. The van der Waals surface area contributed by atoms with Crippen LogP contribution >= 0.6 is 0 Å². The summed E-state index contributed by atoms with van der Waals surface area (Å²) in [7, 11) is 0. The number of aryl methyl sites for hydroxylation is 2. The molecule has 1 atom stereocenters. The van der Waals surface area contributed by atoms with E-state index in [4.69, 9.17) is 4.74 Å². The van der Waals surface area contributed by atoms with Crippen molar-refractivity contribution in [3.05, 3.63) is 28.8 Å². The molecule has 126 valence electrons. The van der Waals surface area contributed by atoms with Crippen LogP contribution in [0.2, 0.25) is 0 Å². The number of hydrogen-bond acceptors (Lipinski definition) is 4. The van der Waals surface area contributed by atoms with E-state index in [-0.39, 0.29) is 31.4 Å². The van der Waals surface area contributed by atoms with Gasteiger partial charge in [-0.25, -0.2) is 0 Å². The van der Waals surface area contributed by atoms with Gasteiger partial charge in [0.05, 0.1) is 12.0 Å². The Labute approximate surface area is 137 Å². The minimum absolute atomic E-state index is 0.0228. The van der Waals surface area contributed by atoms with Gasteiger partial charge in [0.2, 0.25) is 11.8 Å². The highest BCUT2D eigenvalue weighted by Gasteiger charge is 2.45. The molecule has 23 heavy (non-hydrogen) atoms. The zero-order chi connectivity index (χ0) is 17.4. The number of aliphatic hydroxyl groups excluding tert-OH is 1. The van der Waals surface area contributed by atoms with Gasteiger partial charge in [0.25, 0.3) is 0 Å². The van der Waals surface area contributed by atoms with Crippen molar-refractivity contribution in [1.29, 1.82) is 0 Å². The fourth-order valence-electron chi connectivity index (χ4n) is 2.80. The Kier molecular flexibility index (Phi) is 4.80. The van der Waals surface area contributed by atoms with Crippen LogP contribution in [-0.2, 0) is 9.59 Å². The first-order chi connectivity index (χ1) is 10.6. The van der Waals surface area contributed by atoms with Gasteiger partial charge >= 0.3 is 0 Å². The van der Waals surface area contributed by atoms with Gasteiger partial charge in [-0.1, -0.05) is 26.0 Å². The largest absolute Gasteiger partial charge is 0.490 e. The van der Waals surface area contributed by atoms with Crippen LogP contribution < -0.4 is 4.74 Å². The zero-order valence-electron chi connectivity index (χ0n) is 14.5. The highest BCUT2D eigenvalue weighted by atomic mass is 16.5. The van der Waals surface area contributed by atoms with E-state index in [1.165, 1.54) is 0 Å². The SMILES string of the molecule is Cc1ccc(C)c(OCC(O)CN2C(=O)CC(C)(C)C2=O)c1C. The van der Waals surface area contributed by atoms with Gasteiger partial charge in [0.15, 0.2) is 0 Å². The number of aliphatic hydroxyl groups is 1. The van der Waals surface area contributed by atoms with Crippen molar-refractivity contribution < 1.29 is 19.4 Å². The van der Waals surface area contributed by atoms with Crippen LogP contribution in [0.4, 0.5) is 0 Å². The maximum absolute atomic E-state index is 12.2. The van der Waals surface area contributed by atoms with Gasteiger partial charge < -0.3 is 9.84 Å². The minimum Gasteiger partial charge on any atom is -0.490 e. The molecule has 1 fully saturated rings. The molecule has 0 saturated carbocycles. The van der Waals surface area contributed by atoms with Crippen LogP contribution in [-0.4, -0.2) is 41.1 Å². The van der Waals surface area contributed by atoms with Crippen molar-refractivity contribution in [1.82, 2.24) is 4.90 Å². The lowest BCUT2D eigenvalue weighted by atomic mass is 9.92. The smallest absolute Gasteiger partial charge is 0.235 e. The normalized spacial score (nSPS) is 18.4. The highest BCUT2D eigenvalue weighted by molar-refractivity contribution is 6.05. The number of benzene rings is 1. The molecule has 1 aliphatic rings. The Morgan fingerprint density at radius 3 is 2.39 bits per heavy atom. The Balaban J connectivity index is 1.99. The minimum atomic E-state index is -0.906. The van der Waals surface area contributed by atoms with Gasteiger partial charge in [-0.05, 0) is 37.5 Å². The lowest BCUT2D eigenvalue weighted by molar-refractivity contribution is -0.142. The molecule has 1 aromatic rings. The third kappa shape index (κ3) is 3.55. The van der Waals surface area contributed by atoms with Crippen molar-refractivity contribution in [2.24, 2.45) is 5.41 Å². The summed E-state index contributed by atoms with van der Waals surface area (Å²) in [6, 6.07) is 4.00. The maximum atomic E-state index is 12.2. The lowest BCUT2D eigenvalue weighted by Gasteiger charge is -2.22. The van der Waals surface area contributed by atoms with Crippen molar-refractivity contribution in [2.45, 2.75) is 47.1 Å². The number of ether oxygens (including phenoxy) is 1. The molecule has 1 saturated heterocycles. The van der Waals surface area contributed by atoms with Gasteiger partial charge in [-0.3, -0.25) is 14.5 Å². The van der Waals surface area contributed by atoms with Crippen LogP contribution in [0, 0.1) is 26.2 Å². The number of carbonyl (C=O) groups is 2. The summed E-state index contributed by atoms with van der Waals surface area (Å²) < 4.78 is 5.74. The van der Waals surface area contributed by atoms with E-state index in [1.807, 2.05) is 32.9 Å². The molecule has 0 bridgehead atoms. The predicted octanol–water partition coefficient (Wildman–Crippen LogP) is 2.14. The van der Waals surface area contributed by atoms with Crippen LogP contribution in [0.5, 0.6) is 5.75 Å². The standard InChI is InChI=1S/C18H25NO4/c1-11-6-7-12(2)16(13(11)3)23-10-14(20)9-19-15(21)8-18(4,5)17(19)22/h6-7,14,20H,8-10H2,1-5H3. The molecule has 1 N–H and O–H groups in total. The van der Waals surface area contributed by atoms with E-state index >= 15 is 0 Å². The zero-order valence-corrected chi connectivity index (χ0v) is 14.5. The van der Waals surface area contributed by atoms with Crippen LogP contribution in [0.3, 0.4) is 0 Å². The summed E-state index contributed by atoms with van der Waals surface area (Å²) >= 11 is 0. The van der Waals surface area contributed by atoms with Crippen molar-refractivity contribution >= 4 is 11.8 Å². The van der Waals surface area contributed by atoms with E-state index in [0.717, 1.165) is 27.3 Å². The van der Waals surface area contributed by atoms with Crippen LogP contribution in [0.1, 0.15) is 37.0 Å². The number of imide groups is 1. The Morgan fingerprint density at radius 1 is 1.22 bits per heavy atom. The molecule has 1 aliphatic heterocycles. The number of amides is 2. The quantitative estimate of drug-likeness (QED) is 0.844. The van der Waals surface area contributed by atoms with E-state index in [0.29, 0.717) is 0 Å². The molecular formula is C18H25NO4.